The Morgan fingerprint density at radius 2 is 1.94 bits per heavy atom. The van der Waals surface area contributed by atoms with Gasteiger partial charge in [0, 0.05) is 29.4 Å². The molecule has 0 fully saturated rings. The lowest BCUT2D eigenvalue weighted by molar-refractivity contribution is -0.116. The molecule has 3 rings (SSSR count). The zero-order valence-corrected chi connectivity index (χ0v) is 20.5. The van der Waals surface area contributed by atoms with Crippen molar-refractivity contribution in [3.05, 3.63) is 45.3 Å². The lowest BCUT2D eigenvalue weighted by atomic mass is 10.0. The Morgan fingerprint density at radius 1 is 1.22 bits per heavy atom. The van der Waals surface area contributed by atoms with Crippen molar-refractivity contribution >= 4 is 49.7 Å². The Morgan fingerprint density at radius 3 is 2.59 bits per heavy atom. The number of amides is 1. The van der Waals surface area contributed by atoms with Crippen LogP contribution in [0.15, 0.2) is 29.2 Å². The summed E-state index contributed by atoms with van der Waals surface area (Å²) in [6.07, 6.45) is 0.919. The molecule has 10 heteroatoms. The van der Waals surface area contributed by atoms with E-state index in [9.17, 15) is 18.0 Å². The summed E-state index contributed by atoms with van der Waals surface area (Å²) in [6, 6.07) is 5.96. The summed E-state index contributed by atoms with van der Waals surface area (Å²) < 4.78 is 30.1. The van der Waals surface area contributed by atoms with Gasteiger partial charge in [-0.3, -0.25) is 9.69 Å². The van der Waals surface area contributed by atoms with Crippen LogP contribution in [0.5, 0.6) is 0 Å². The predicted octanol–water partition coefficient (Wildman–Crippen LogP) is 4.15. The molecule has 1 aromatic heterocycles. The van der Waals surface area contributed by atoms with Crippen LogP contribution in [-0.2, 0) is 32.3 Å². The van der Waals surface area contributed by atoms with Crippen LogP contribution in [-0.4, -0.2) is 50.6 Å². The molecule has 1 aliphatic rings. The fraction of sp³-hybridized carbons (Fsp3) is 0.455. The summed E-state index contributed by atoms with van der Waals surface area (Å²) in [5, 5.41) is 3.76. The normalized spacial score (nSPS) is 14.1. The minimum absolute atomic E-state index is 0.0265. The van der Waals surface area contributed by atoms with E-state index in [1.807, 2.05) is 0 Å². The van der Waals surface area contributed by atoms with Gasteiger partial charge in [0.2, 0.25) is 5.91 Å². The molecule has 0 unspecified atom stereocenters. The molecule has 7 nitrogen and oxygen atoms in total. The van der Waals surface area contributed by atoms with E-state index < -0.39 is 15.8 Å². The van der Waals surface area contributed by atoms with Crippen LogP contribution in [0.4, 0.5) is 5.00 Å². The molecular weight excluding hydrogens is 472 g/mol. The highest BCUT2D eigenvalue weighted by Crippen LogP contribution is 2.37. The highest BCUT2D eigenvalue weighted by Gasteiger charge is 2.29. The number of sulfone groups is 1. The Balaban J connectivity index is 1.67. The number of likely N-dealkylation sites (N-methyl/N-ethyl adjacent to an activating group) is 1. The first kappa shape index (κ1) is 24.7. The van der Waals surface area contributed by atoms with E-state index in [2.05, 4.69) is 17.1 Å². The van der Waals surface area contributed by atoms with Crippen molar-refractivity contribution in [2.24, 2.45) is 0 Å². The number of halogens is 1. The molecular formula is C22H27ClN2O5S2. The lowest BCUT2D eigenvalue weighted by Crippen LogP contribution is -2.30. The van der Waals surface area contributed by atoms with Gasteiger partial charge in [0.25, 0.3) is 0 Å². The van der Waals surface area contributed by atoms with Crippen molar-refractivity contribution in [2.45, 2.75) is 44.6 Å². The molecule has 2 aromatic rings. The molecule has 32 heavy (non-hydrogen) atoms. The number of ether oxygens (including phenoxy) is 1. The number of carbonyl (C=O) groups is 2. The minimum Gasteiger partial charge on any atom is -0.462 e. The summed E-state index contributed by atoms with van der Waals surface area (Å²) in [6.45, 7) is 6.58. The van der Waals surface area contributed by atoms with Crippen LogP contribution in [0.25, 0.3) is 0 Å². The number of benzene rings is 1. The molecule has 0 saturated heterocycles. The zero-order valence-electron chi connectivity index (χ0n) is 18.1. The van der Waals surface area contributed by atoms with Gasteiger partial charge in [0.15, 0.2) is 9.84 Å². The first-order valence-electron chi connectivity index (χ1n) is 10.6. The molecule has 0 spiro atoms. The van der Waals surface area contributed by atoms with Gasteiger partial charge in [-0.05, 0) is 56.1 Å². The van der Waals surface area contributed by atoms with E-state index in [1.54, 1.807) is 6.92 Å². The van der Waals surface area contributed by atoms with E-state index in [1.165, 1.54) is 35.6 Å². The van der Waals surface area contributed by atoms with E-state index in [4.69, 9.17) is 16.3 Å². The van der Waals surface area contributed by atoms with E-state index in [-0.39, 0.29) is 36.0 Å². The van der Waals surface area contributed by atoms with Gasteiger partial charge in [0.1, 0.15) is 5.00 Å². The number of hydrogen-bond acceptors (Lipinski definition) is 7. The minimum atomic E-state index is -3.50. The molecule has 1 aliphatic heterocycles. The molecule has 174 valence electrons. The molecule has 2 heterocycles. The average molecular weight is 499 g/mol. The fourth-order valence-electron chi connectivity index (χ4n) is 3.61. The number of nitrogens with zero attached hydrogens (tertiary/aromatic N) is 1. The Kier molecular flexibility index (Phi) is 8.32. The van der Waals surface area contributed by atoms with Crippen LogP contribution < -0.4 is 5.32 Å². The summed E-state index contributed by atoms with van der Waals surface area (Å²) in [5.74, 6) is -0.914. The molecule has 1 amide bonds. The summed E-state index contributed by atoms with van der Waals surface area (Å²) in [5.41, 5.74) is 1.38. The average Bonchev–Trinajstić information content (AvgIpc) is 3.10. The Bertz CT molecular complexity index is 1080. The van der Waals surface area contributed by atoms with Crippen LogP contribution in [0.1, 0.15) is 47.5 Å². The fourth-order valence-corrected chi connectivity index (χ4v) is 6.34. The number of esters is 1. The zero-order chi connectivity index (χ0) is 23.3. The second-order valence-corrected chi connectivity index (χ2v) is 11.1. The van der Waals surface area contributed by atoms with Crippen molar-refractivity contribution in [3.8, 4) is 0 Å². The third-order valence-corrected chi connectivity index (χ3v) is 8.51. The smallest absolute Gasteiger partial charge is 0.341 e. The number of carbonyl (C=O) groups excluding carboxylic acids is 2. The number of nitrogens with one attached hydrogen (secondary N) is 1. The summed E-state index contributed by atoms with van der Waals surface area (Å²) >= 11 is 7.21. The third kappa shape index (κ3) is 5.89. The van der Waals surface area contributed by atoms with Crippen molar-refractivity contribution in [2.75, 3.05) is 30.8 Å². The second-order valence-electron chi connectivity index (χ2n) is 7.47. The van der Waals surface area contributed by atoms with E-state index in [0.717, 1.165) is 36.5 Å². The number of fused-ring (bicyclic) bond motifs is 1. The second kappa shape index (κ2) is 10.8. The summed E-state index contributed by atoms with van der Waals surface area (Å²) in [4.78, 5) is 28.7. The number of rotatable bonds is 9. The van der Waals surface area contributed by atoms with Gasteiger partial charge in [-0.25, -0.2) is 13.2 Å². The molecule has 0 aliphatic carbocycles. The number of anilines is 1. The molecule has 0 saturated carbocycles. The van der Waals surface area contributed by atoms with Crippen molar-refractivity contribution < 1.29 is 22.7 Å². The first-order chi connectivity index (χ1) is 15.2. The molecule has 0 radical (unpaired) electrons. The predicted molar refractivity (Wildman–Crippen MR) is 126 cm³/mol. The quantitative estimate of drug-likeness (QED) is 0.522. The van der Waals surface area contributed by atoms with Crippen LogP contribution >= 0.6 is 22.9 Å². The van der Waals surface area contributed by atoms with Gasteiger partial charge >= 0.3 is 5.97 Å². The maximum Gasteiger partial charge on any atom is 0.341 e. The van der Waals surface area contributed by atoms with Crippen molar-refractivity contribution in [1.82, 2.24) is 4.90 Å². The number of thiophene rings is 1. The van der Waals surface area contributed by atoms with Gasteiger partial charge in [-0.2, -0.15) is 0 Å². The van der Waals surface area contributed by atoms with Crippen LogP contribution in [0.3, 0.4) is 0 Å². The third-order valence-electron chi connectivity index (χ3n) is 5.31. The highest BCUT2D eigenvalue weighted by molar-refractivity contribution is 7.91. The molecule has 0 atom stereocenters. The molecule has 1 aromatic carbocycles. The lowest BCUT2D eigenvalue weighted by Gasteiger charge is -2.25. The standard InChI is InChI=1S/C22H27ClN2O5S2/c1-3-25-12-11-17-18(14-25)31-21(20(17)22(27)30-4-2)24-19(26)6-5-13-32(28,29)16-9-7-15(23)8-10-16/h7-10H,3-6,11-14H2,1-2H3,(H,24,26). The van der Waals surface area contributed by atoms with E-state index >= 15 is 0 Å². The molecule has 1 N–H and O–H groups in total. The monoisotopic (exact) mass is 498 g/mol. The Hall–Kier alpha value is -1.94. The van der Waals surface area contributed by atoms with Crippen LogP contribution in [0.2, 0.25) is 5.02 Å². The van der Waals surface area contributed by atoms with Crippen LogP contribution in [0, 0.1) is 0 Å². The van der Waals surface area contributed by atoms with Gasteiger partial charge in [0.05, 0.1) is 22.8 Å². The Labute approximate surface area is 197 Å². The first-order valence-corrected chi connectivity index (χ1v) is 13.4. The highest BCUT2D eigenvalue weighted by atomic mass is 35.5. The largest absolute Gasteiger partial charge is 0.462 e. The van der Waals surface area contributed by atoms with Crippen molar-refractivity contribution in [1.29, 1.82) is 0 Å². The van der Waals surface area contributed by atoms with Gasteiger partial charge < -0.3 is 10.1 Å². The SMILES string of the molecule is CCOC(=O)c1c(NC(=O)CCCS(=O)(=O)c2ccc(Cl)cc2)sc2c1CCN(CC)C2. The maximum absolute atomic E-state index is 12.6. The van der Waals surface area contributed by atoms with Gasteiger partial charge in [-0.1, -0.05) is 18.5 Å². The number of hydrogen-bond donors (Lipinski definition) is 1. The maximum atomic E-state index is 12.6. The van der Waals surface area contributed by atoms with Gasteiger partial charge in [-0.15, -0.1) is 11.3 Å². The summed E-state index contributed by atoms with van der Waals surface area (Å²) in [7, 11) is -3.50. The topological polar surface area (TPSA) is 92.8 Å². The van der Waals surface area contributed by atoms with Crippen molar-refractivity contribution in [3.63, 3.8) is 0 Å². The van der Waals surface area contributed by atoms with E-state index in [0.29, 0.717) is 15.6 Å². The molecule has 0 bridgehead atoms.